The standard InChI is InChI=1S/C12H23N5O2S/c1-13-7-11-3-2-6-17(9-11)20(18,19)16-5-4-12-8-14-10-15-12/h8,10-11,13,16H,2-7,9H2,1H3,(H,14,15). The summed E-state index contributed by atoms with van der Waals surface area (Å²) in [5.74, 6) is 0.401. The van der Waals surface area contributed by atoms with Gasteiger partial charge in [0, 0.05) is 37.9 Å². The summed E-state index contributed by atoms with van der Waals surface area (Å²) in [7, 11) is -1.47. The van der Waals surface area contributed by atoms with E-state index in [9.17, 15) is 8.42 Å². The van der Waals surface area contributed by atoms with Crippen molar-refractivity contribution in [3.05, 3.63) is 18.2 Å². The Labute approximate surface area is 120 Å². The van der Waals surface area contributed by atoms with Gasteiger partial charge >= 0.3 is 0 Å². The van der Waals surface area contributed by atoms with E-state index in [1.54, 1.807) is 16.8 Å². The number of piperidine rings is 1. The quantitative estimate of drug-likeness (QED) is 0.646. The highest BCUT2D eigenvalue weighted by Crippen LogP contribution is 2.17. The molecule has 1 atom stereocenters. The van der Waals surface area contributed by atoms with Gasteiger partial charge in [0.15, 0.2) is 0 Å². The molecular weight excluding hydrogens is 278 g/mol. The first-order chi connectivity index (χ1) is 9.62. The number of H-pyrrole nitrogens is 1. The maximum absolute atomic E-state index is 12.2. The average Bonchev–Trinajstić information content (AvgIpc) is 2.92. The number of hydrogen-bond donors (Lipinski definition) is 3. The third-order valence-corrected chi connectivity index (χ3v) is 5.13. The van der Waals surface area contributed by atoms with Crippen LogP contribution in [0.25, 0.3) is 0 Å². The fraction of sp³-hybridized carbons (Fsp3) is 0.750. The van der Waals surface area contributed by atoms with Gasteiger partial charge in [0.2, 0.25) is 0 Å². The second kappa shape index (κ2) is 7.16. The first-order valence-corrected chi connectivity index (χ1v) is 8.42. The molecule has 2 heterocycles. The summed E-state index contributed by atoms with van der Waals surface area (Å²) in [6.45, 7) is 2.46. The maximum atomic E-state index is 12.2. The van der Waals surface area contributed by atoms with Crippen LogP contribution in [0, 0.1) is 5.92 Å². The molecule has 8 heteroatoms. The summed E-state index contributed by atoms with van der Waals surface area (Å²) in [5.41, 5.74) is 0.930. The second-order valence-corrected chi connectivity index (χ2v) is 6.91. The van der Waals surface area contributed by atoms with Gasteiger partial charge in [0.25, 0.3) is 10.2 Å². The molecule has 7 nitrogen and oxygen atoms in total. The molecule has 1 aliphatic heterocycles. The van der Waals surface area contributed by atoms with Crippen LogP contribution >= 0.6 is 0 Å². The van der Waals surface area contributed by atoms with Crippen LogP contribution in [0.4, 0.5) is 0 Å². The van der Waals surface area contributed by atoms with Gasteiger partial charge in [-0.25, -0.2) is 9.71 Å². The van der Waals surface area contributed by atoms with Gasteiger partial charge in [0.05, 0.1) is 6.33 Å². The number of hydrogen-bond acceptors (Lipinski definition) is 4. The molecule has 2 rings (SSSR count). The summed E-state index contributed by atoms with van der Waals surface area (Å²) >= 11 is 0. The second-order valence-electron chi connectivity index (χ2n) is 5.15. The molecule has 0 radical (unpaired) electrons. The van der Waals surface area contributed by atoms with E-state index in [0.29, 0.717) is 32.0 Å². The van der Waals surface area contributed by atoms with Crippen molar-refractivity contribution >= 4 is 10.2 Å². The van der Waals surface area contributed by atoms with Gasteiger partial charge in [-0.3, -0.25) is 0 Å². The lowest BCUT2D eigenvalue weighted by Gasteiger charge is -2.31. The predicted octanol–water partition coefficient (Wildman–Crippen LogP) is -0.282. The number of aromatic nitrogens is 2. The van der Waals surface area contributed by atoms with Gasteiger partial charge in [-0.1, -0.05) is 0 Å². The van der Waals surface area contributed by atoms with E-state index < -0.39 is 10.2 Å². The molecule has 0 aromatic carbocycles. The zero-order valence-electron chi connectivity index (χ0n) is 11.8. The van der Waals surface area contributed by atoms with Crippen molar-refractivity contribution < 1.29 is 8.42 Å². The van der Waals surface area contributed by atoms with E-state index in [2.05, 4.69) is 20.0 Å². The van der Waals surface area contributed by atoms with Crippen LogP contribution in [0.2, 0.25) is 0 Å². The molecule has 1 fully saturated rings. The number of rotatable bonds is 7. The molecule has 1 aliphatic rings. The van der Waals surface area contributed by atoms with Crippen LogP contribution in [-0.2, 0) is 16.6 Å². The minimum absolute atomic E-state index is 0.387. The molecule has 1 aromatic heterocycles. The van der Waals surface area contributed by atoms with E-state index in [0.717, 1.165) is 25.1 Å². The topological polar surface area (TPSA) is 90.1 Å². The zero-order valence-corrected chi connectivity index (χ0v) is 12.6. The smallest absolute Gasteiger partial charge is 0.279 e. The SMILES string of the molecule is CNCC1CCCN(S(=O)(=O)NCCc2cnc[nH]2)C1. The molecule has 1 aromatic rings. The molecule has 0 bridgehead atoms. The number of aromatic amines is 1. The Balaban J connectivity index is 1.82. The van der Waals surface area contributed by atoms with Crippen LogP contribution in [-0.4, -0.2) is 55.9 Å². The summed E-state index contributed by atoms with van der Waals surface area (Å²) in [6, 6.07) is 0. The summed E-state index contributed by atoms with van der Waals surface area (Å²) < 4.78 is 28.7. The number of imidazole rings is 1. The Bertz CT molecular complexity index is 486. The molecule has 3 N–H and O–H groups in total. The van der Waals surface area contributed by atoms with E-state index in [1.165, 1.54) is 0 Å². The number of nitrogens with one attached hydrogen (secondary N) is 3. The summed E-state index contributed by atoms with van der Waals surface area (Å²) in [4.78, 5) is 6.87. The molecule has 0 amide bonds. The lowest BCUT2D eigenvalue weighted by Crippen LogP contribution is -2.47. The van der Waals surface area contributed by atoms with Crippen molar-refractivity contribution in [2.24, 2.45) is 5.92 Å². The van der Waals surface area contributed by atoms with Gasteiger partial charge < -0.3 is 10.3 Å². The molecule has 1 saturated heterocycles. The van der Waals surface area contributed by atoms with Crippen LogP contribution in [0.3, 0.4) is 0 Å². The van der Waals surface area contributed by atoms with E-state index in [-0.39, 0.29) is 0 Å². The van der Waals surface area contributed by atoms with Gasteiger partial charge in [-0.2, -0.15) is 12.7 Å². The number of nitrogens with zero attached hydrogens (tertiary/aromatic N) is 2. The fourth-order valence-corrected chi connectivity index (χ4v) is 3.85. The third-order valence-electron chi connectivity index (χ3n) is 3.55. The van der Waals surface area contributed by atoms with Crippen LogP contribution in [0.1, 0.15) is 18.5 Å². The molecule has 0 aliphatic carbocycles. The Morgan fingerprint density at radius 2 is 2.40 bits per heavy atom. The molecule has 0 spiro atoms. The van der Waals surface area contributed by atoms with Crippen LogP contribution in [0.15, 0.2) is 12.5 Å². The highest BCUT2D eigenvalue weighted by Gasteiger charge is 2.28. The summed E-state index contributed by atoms with van der Waals surface area (Å²) in [6.07, 6.45) is 5.93. The van der Waals surface area contributed by atoms with Gasteiger partial charge in [-0.05, 0) is 32.4 Å². The zero-order chi connectivity index (χ0) is 14.4. The minimum Gasteiger partial charge on any atom is -0.348 e. The van der Waals surface area contributed by atoms with Crippen LogP contribution < -0.4 is 10.0 Å². The molecule has 1 unspecified atom stereocenters. The predicted molar refractivity (Wildman–Crippen MR) is 77.4 cm³/mol. The maximum Gasteiger partial charge on any atom is 0.279 e. The van der Waals surface area contributed by atoms with E-state index in [4.69, 9.17) is 0 Å². The molecule has 20 heavy (non-hydrogen) atoms. The largest absolute Gasteiger partial charge is 0.348 e. The van der Waals surface area contributed by atoms with Crippen molar-refractivity contribution in [1.82, 2.24) is 24.3 Å². The Morgan fingerprint density at radius 1 is 1.55 bits per heavy atom. The lowest BCUT2D eigenvalue weighted by atomic mass is 10.00. The molecular formula is C12H23N5O2S. The highest BCUT2D eigenvalue weighted by atomic mass is 32.2. The fourth-order valence-electron chi connectivity index (χ4n) is 2.53. The minimum atomic E-state index is -3.37. The van der Waals surface area contributed by atoms with Crippen molar-refractivity contribution in [1.29, 1.82) is 0 Å². The van der Waals surface area contributed by atoms with E-state index >= 15 is 0 Å². The van der Waals surface area contributed by atoms with E-state index in [1.807, 2.05) is 7.05 Å². The Morgan fingerprint density at radius 3 is 3.10 bits per heavy atom. The first-order valence-electron chi connectivity index (χ1n) is 6.98. The van der Waals surface area contributed by atoms with Crippen molar-refractivity contribution in [2.45, 2.75) is 19.3 Å². The summed E-state index contributed by atoms with van der Waals surface area (Å²) in [5, 5.41) is 3.12. The van der Waals surface area contributed by atoms with Crippen molar-refractivity contribution in [3.63, 3.8) is 0 Å². The highest BCUT2D eigenvalue weighted by molar-refractivity contribution is 7.87. The van der Waals surface area contributed by atoms with Crippen molar-refractivity contribution in [3.8, 4) is 0 Å². The monoisotopic (exact) mass is 301 g/mol. The van der Waals surface area contributed by atoms with Crippen molar-refractivity contribution in [2.75, 3.05) is 33.2 Å². The Hall–Kier alpha value is -0.960. The van der Waals surface area contributed by atoms with Gasteiger partial charge in [-0.15, -0.1) is 0 Å². The van der Waals surface area contributed by atoms with Gasteiger partial charge in [0.1, 0.15) is 0 Å². The third kappa shape index (κ3) is 4.27. The lowest BCUT2D eigenvalue weighted by molar-refractivity contribution is 0.261. The first kappa shape index (κ1) is 15.4. The average molecular weight is 301 g/mol. The van der Waals surface area contributed by atoms with Crippen LogP contribution in [0.5, 0.6) is 0 Å². The normalized spacial score (nSPS) is 21.1. The molecule has 0 saturated carbocycles. The molecule has 114 valence electrons. The Kier molecular flexibility index (Phi) is 5.53.